The standard InChI is InChI=1S/C20H20Cl2O4/c21-11-9-19(23)25-13-15-5-1-3-7-17(15)18-8-4-2-6-16(18)14-26-20(24)10-12-22/h1-8H,9-14H2. The Morgan fingerprint density at radius 3 is 1.46 bits per heavy atom. The van der Waals surface area contributed by atoms with E-state index in [1.807, 2.05) is 48.5 Å². The summed E-state index contributed by atoms with van der Waals surface area (Å²) in [6.07, 6.45) is 0.355. The van der Waals surface area contributed by atoms with Crippen molar-refractivity contribution in [2.45, 2.75) is 26.1 Å². The lowest BCUT2D eigenvalue weighted by atomic mass is 9.96. The molecule has 0 saturated heterocycles. The number of benzene rings is 2. The zero-order valence-electron chi connectivity index (χ0n) is 14.3. The molecule has 0 fully saturated rings. The van der Waals surface area contributed by atoms with Crippen molar-refractivity contribution in [1.82, 2.24) is 0 Å². The number of alkyl halides is 2. The Hall–Kier alpha value is -2.04. The minimum absolute atomic E-state index is 0.159. The highest BCUT2D eigenvalue weighted by Crippen LogP contribution is 2.28. The van der Waals surface area contributed by atoms with E-state index in [0.29, 0.717) is 0 Å². The third kappa shape index (κ3) is 6.04. The van der Waals surface area contributed by atoms with Crippen LogP contribution in [0.3, 0.4) is 0 Å². The fourth-order valence-electron chi connectivity index (χ4n) is 2.43. The minimum Gasteiger partial charge on any atom is -0.461 e. The van der Waals surface area contributed by atoms with Crippen LogP contribution in [-0.4, -0.2) is 23.7 Å². The highest BCUT2D eigenvalue weighted by Gasteiger charge is 2.12. The molecule has 0 heterocycles. The van der Waals surface area contributed by atoms with Crippen molar-refractivity contribution < 1.29 is 19.1 Å². The fraction of sp³-hybridized carbons (Fsp3) is 0.300. The van der Waals surface area contributed by atoms with Crippen molar-refractivity contribution in [1.29, 1.82) is 0 Å². The molecule has 0 atom stereocenters. The maximum Gasteiger partial charge on any atom is 0.307 e. The van der Waals surface area contributed by atoms with Crippen LogP contribution in [0, 0.1) is 0 Å². The largest absolute Gasteiger partial charge is 0.461 e. The molecule has 2 aromatic carbocycles. The summed E-state index contributed by atoms with van der Waals surface area (Å²) in [4.78, 5) is 23.2. The van der Waals surface area contributed by atoms with E-state index in [-0.39, 0.29) is 49.8 Å². The van der Waals surface area contributed by atoms with E-state index in [9.17, 15) is 9.59 Å². The highest BCUT2D eigenvalue weighted by molar-refractivity contribution is 6.19. The Balaban J connectivity index is 2.20. The van der Waals surface area contributed by atoms with Crippen LogP contribution in [-0.2, 0) is 32.3 Å². The van der Waals surface area contributed by atoms with Gasteiger partial charge in [-0.1, -0.05) is 48.5 Å². The Labute approximate surface area is 163 Å². The number of ether oxygens (including phenoxy) is 2. The van der Waals surface area contributed by atoms with Gasteiger partial charge in [0.2, 0.25) is 0 Å². The topological polar surface area (TPSA) is 52.6 Å². The molecular formula is C20H20Cl2O4. The molecule has 138 valence electrons. The van der Waals surface area contributed by atoms with E-state index >= 15 is 0 Å². The van der Waals surface area contributed by atoms with Gasteiger partial charge in [0.05, 0.1) is 12.8 Å². The van der Waals surface area contributed by atoms with Crippen LogP contribution in [0.1, 0.15) is 24.0 Å². The van der Waals surface area contributed by atoms with E-state index in [1.54, 1.807) is 0 Å². The SMILES string of the molecule is O=C(CCCl)OCc1ccccc1-c1ccccc1COC(=O)CCCl. The first-order chi connectivity index (χ1) is 12.7. The summed E-state index contributed by atoms with van der Waals surface area (Å²) in [6.45, 7) is 0.318. The van der Waals surface area contributed by atoms with Crippen LogP contribution in [0.15, 0.2) is 48.5 Å². The predicted molar refractivity (Wildman–Crippen MR) is 102 cm³/mol. The number of esters is 2. The van der Waals surface area contributed by atoms with Crippen molar-refractivity contribution >= 4 is 35.1 Å². The van der Waals surface area contributed by atoms with Crippen LogP contribution in [0.5, 0.6) is 0 Å². The second-order valence-electron chi connectivity index (χ2n) is 5.51. The van der Waals surface area contributed by atoms with Crippen molar-refractivity contribution in [3.63, 3.8) is 0 Å². The Morgan fingerprint density at radius 1 is 0.692 bits per heavy atom. The highest BCUT2D eigenvalue weighted by atomic mass is 35.5. The Morgan fingerprint density at radius 2 is 1.08 bits per heavy atom. The maximum atomic E-state index is 11.6. The van der Waals surface area contributed by atoms with Gasteiger partial charge in [-0.05, 0) is 22.3 Å². The molecule has 0 aromatic heterocycles. The monoisotopic (exact) mass is 394 g/mol. The van der Waals surface area contributed by atoms with E-state index < -0.39 is 0 Å². The van der Waals surface area contributed by atoms with Gasteiger partial charge in [-0.15, -0.1) is 23.2 Å². The lowest BCUT2D eigenvalue weighted by molar-refractivity contribution is -0.145. The Kier molecular flexibility index (Phi) is 8.45. The molecule has 26 heavy (non-hydrogen) atoms. The number of carbonyl (C=O) groups is 2. The molecule has 0 amide bonds. The molecule has 0 spiro atoms. The molecule has 4 nitrogen and oxygen atoms in total. The van der Waals surface area contributed by atoms with Crippen LogP contribution < -0.4 is 0 Å². The second kappa shape index (κ2) is 10.8. The first-order valence-corrected chi connectivity index (χ1v) is 9.32. The molecule has 0 radical (unpaired) electrons. The van der Waals surface area contributed by atoms with Crippen LogP contribution in [0.4, 0.5) is 0 Å². The van der Waals surface area contributed by atoms with Gasteiger partial charge in [-0.25, -0.2) is 0 Å². The molecule has 0 aliphatic heterocycles. The number of hydrogen-bond acceptors (Lipinski definition) is 4. The molecule has 0 N–H and O–H groups in total. The van der Waals surface area contributed by atoms with Gasteiger partial charge in [-0.2, -0.15) is 0 Å². The third-order valence-corrected chi connectivity index (χ3v) is 4.08. The van der Waals surface area contributed by atoms with E-state index in [4.69, 9.17) is 32.7 Å². The second-order valence-corrected chi connectivity index (χ2v) is 6.27. The van der Waals surface area contributed by atoms with Gasteiger partial charge >= 0.3 is 11.9 Å². The molecule has 0 saturated carbocycles. The molecule has 0 aliphatic carbocycles. The van der Waals surface area contributed by atoms with E-state index in [2.05, 4.69) is 0 Å². The van der Waals surface area contributed by atoms with Gasteiger partial charge in [0.15, 0.2) is 0 Å². The quantitative estimate of drug-likeness (QED) is 0.456. The summed E-state index contributed by atoms with van der Waals surface area (Å²) < 4.78 is 10.6. The van der Waals surface area contributed by atoms with Gasteiger partial charge in [0.25, 0.3) is 0 Å². The van der Waals surface area contributed by atoms with Crippen molar-refractivity contribution in [3.05, 3.63) is 59.7 Å². The summed E-state index contributed by atoms with van der Waals surface area (Å²) in [5.74, 6) is -0.204. The molecular weight excluding hydrogens is 375 g/mol. The van der Waals surface area contributed by atoms with Crippen LogP contribution >= 0.6 is 23.2 Å². The average Bonchev–Trinajstić information content (AvgIpc) is 2.66. The zero-order chi connectivity index (χ0) is 18.8. The summed E-state index contributed by atoms with van der Waals surface area (Å²) in [7, 11) is 0. The molecule has 2 rings (SSSR count). The lowest BCUT2D eigenvalue weighted by Gasteiger charge is -2.14. The summed E-state index contributed by atoms with van der Waals surface area (Å²) in [5, 5.41) is 0. The van der Waals surface area contributed by atoms with Gasteiger partial charge in [-0.3, -0.25) is 9.59 Å². The lowest BCUT2D eigenvalue weighted by Crippen LogP contribution is -2.07. The first-order valence-electron chi connectivity index (χ1n) is 8.25. The summed E-state index contributed by atoms with van der Waals surface area (Å²) in [5.41, 5.74) is 3.59. The first kappa shape index (κ1) is 20.3. The summed E-state index contributed by atoms with van der Waals surface area (Å²) >= 11 is 11.1. The van der Waals surface area contributed by atoms with Crippen molar-refractivity contribution in [2.24, 2.45) is 0 Å². The van der Waals surface area contributed by atoms with E-state index in [1.165, 1.54) is 0 Å². The van der Waals surface area contributed by atoms with Gasteiger partial charge < -0.3 is 9.47 Å². The van der Waals surface area contributed by atoms with Crippen molar-refractivity contribution in [2.75, 3.05) is 11.8 Å². The number of halogens is 2. The normalized spacial score (nSPS) is 10.4. The number of rotatable bonds is 9. The molecule has 6 heteroatoms. The summed E-state index contributed by atoms with van der Waals surface area (Å²) in [6, 6.07) is 15.3. The smallest absolute Gasteiger partial charge is 0.307 e. The minimum atomic E-state index is -0.335. The maximum absolute atomic E-state index is 11.6. The number of carbonyl (C=O) groups excluding carboxylic acids is 2. The molecule has 0 bridgehead atoms. The number of hydrogen-bond donors (Lipinski definition) is 0. The van der Waals surface area contributed by atoms with Crippen LogP contribution in [0.2, 0.25) is 0 Å². The Bertz CT molecular complexity index is 683. The molecule has 2 aromatic rings. The molecule has 0 unspecified atom stereocenters. The van der Waals surface area contributed by atoms with E-state index in [0.717, 1.165) is 22.3 Å². The average molecular weight is 395 g/mol. The van der Waals surface area contributed by atoms with Gasteiger partial charge in [0, 0.05) is 11.8 Å². The third-order valence-electron chi connectivity index (χ3n) is 3.70. The van der Waals surface area contributed by atoms with Crippen LogP contribution in [0.25, 0.3) is 11.1 Å². The van der Waals surface area contributed by atoms with Crippen molar-refractivity contribution in [3.8, 4) is 11.1 Å². The predicted octanol–water partition coefficient (Wildman–Crippen LogP) is 4.70. The fourth-order valence-corrected chi connectivity index (χ4v) is 2.74. The zero-order valence-corrected chi connectivity index (χ0v) is 15.8. The molecule has 0 aliphatic rings. The van der Waals surface area contributed by atoms with Gasteiger partial charge in [0.1, 0.15) is 13.2 Å².